The second kappa shape index (κ2) is 9.16. The number of likely N-dealkylation sites (tertiary alicyclic amines) is 1. The molecule has 0 saturated carbocycles. The van der Waals surface area contributed by atoms with Gasteiger partial charge in [0.15, 0.2) is 9.84 Å². The van der Waals surface area contributed by atoms with Crippen LogP contribution in [0.2, 0.25) is 0 Å². The van der Waals surface area contributed by atoms with Gasteiger partial charge in [0, 0.05) is 25.5 Å². The number of ether oxygens (including phenoxy) is 2. The molecule has 1 aliphatic rings. The Labute approximate surface area is 188 Å². The molecule has 1 saturated heterocycles. The second-order valence-electron chi connectivity index (χ2n) is 8.91. The quantitative estimate of drug-likeness (QED) is 0.639. The van der Waals surface area contributed by atoms with E-state index in [9.17, 15) is 13.2 Å². The Morgan fingerprint density at radius 2 is 1.81 bits per heavy atom. The Balaban J connectivity index is 1.55. The molecule has 9 heteroatoms. The largest absolute Gasteiger partial charge is 0.467 e. The Kier molecular flexibility index (Phi) is 6.95. The zero-order valence-corrected chi connectivity index (χ0v) is 20.3. The highest BCUT2D eigenvalue weighted by Crippen LogP contribution is 2.33. The van der Waals surface area contributed by atoms with Crippen molar-refractivity contribution >= 4 is 27.3 Å². The van der Waals surface area contributed by atoms with Crippen LogP contribution in [0.4, 0.5) is 4.79 Å². The van der Waals surface area contributed by atoms with Gasteiger partial charge in [-0.15, -0.1) is 0 Å². The van der Waals surface area contributed by atoms with Crippen LogP contribution in [0.3, 0.4) is 0 Å². The highest BCUT2D eigenvalue weighted by molar-refractivity contribution is 7.90. The van der Waals surface area contributed by atoms with Crippen molar-refractivity contribution in [3.05, 3.63) is 30.5 Å². The van der Waals surface area contributed by atoms with Gasteiger partial charge in [0.2, 0.25) is 0 Å². The van der Waals surface area contributed by atoms with Gasteiger partial charge in [0.25, 0.3) is 5.19 Å². The van der Waals surface area contributed by atoms with Gasteiger partial charge in [-0.05, 0) is 64.2 Å². The maximum absolute atomic E-state index is 12.2. The number of amides is 1. The van der Waals surface area contributed by atoms with Crippen molar-refractivity contribution in [3.63, 3.8) is 0 Å². The number of hydrogen-bond donors (Lipinski definition) is 0. The van der Waals surface area contributed by atoms with Crippen LogP contribution in [0.25, 0.3) is 10.4 Å². The molecule has 0 spiro atoms. The highest BCUT2D eigenvalue weighted by atomic mass is 32.2. The fourth-order valence-corrected chi connectivity index (χ4v) is 4.93. The van der Waals surface area contributed by atoms with Crippen molar-refractivity contribution < 1.29 is 22.7 Å². The van der Waals surface area contributed by atoms with Crippen molar-refractivity contribution in [1.82, 2.24) is 9.88 Å². The Morgan fingerprint density at radius 3 is 2.35 bits per heavy atom. The first-order valence-electron chi connectivity index (χ1n) is 10.3. The van der Waals surface area contributed by atoms with E-state index in [2.05, 4.69) is 4.98 Å². The summed E-state index contributed by atoms with van der Waals surface area (Å²) in [4.78, 5) is 19.6. The van der Waals surface area contributed by atoms with Gasteiger partial charge >= 0.3 is 6.09 Å². The summed E-state index contributed by atoms with van der Waals surface area (Å²) in [6.45, 7) is 8.96. The molecule has 1 aromatic carbocycles. The molecule has 1 aliphatic heterocycles. The second-order valence-corrected chi connectivity index (χ2v) is 11.9. The summed E-state index contributed by atoms with van der Waals surface area (Å²) >= 11 is 1.44. The van der Waals surface area contributed by atoms with E-state index in [-0.39, 0.29) is 12.2 Å². The number of thiazole rings is 1. The number of carbonyl (C=O) groups excluding carboxylic acids is 1. The number of sulfone groups is 1. The lowest BCUT2D eigenvalue weighted by Crippen LogP contribution is -2.44. The van der Waals surface area contributed by atoms with Crippen LogP contribution in [0.1, 0.15) is 40.5 Å². The number of nitrogens with zero attached hydrogens (tertiary/aromatic N) is 2. The van der Waals surface area contributed by atoms with Crippen LogP contribution in [0.15, 0.2) is 35.4 Å². The van der Waals surface area contributed by atoms with Crippen LogP contribution < -0.4 is 4.74 Å². The normalized spacial score (nSPS) is 16.7. The first-order chi connectivity index (χ1) is 14.4. The summed E-state index contributed by atoms with van der Waals surface area (Å²) in [5.41, 5.74) is 0.413. The molecule has 7 nitrogen and oxygen atoms in total. The van der Waals surface area contributed by atoms with E-state index in [0.29, 0.717) is 29.1 Å². The first-order valence-corrected chi connectivity index (χ1v) is 13.0. The molecule has 0 radical (unpaired) electrons. The van der Waals surface area contributed by atoms with E-state index < -0.39 is 15.4 Å². The molecule has 1 fully saturated rings. The van der Waals surface area contributed by atoms with Crippen molar-refractivity contribution in [2.24, 2.45) is 5.92 Å². The van der Waals surface area contributed by atoms with Gasteiger partial charge in [0.05, 0.1) is 9.77 Å². The van der Waals surface area contributed by atoms with E-state index in [1.54, 1.807) is 35.4 Å². The predicted molar refractivity (Wildman–Crippen MR) is 121 cm³/mol. The maximum atomic E-state index is 12.2. The van der Waals surface area contributed by atoms with Gasteiger partial charge < -0.3 is 14.4 Å². The van der Waals surface area contributed by atoms with Crippen LogP contribution >= 0.6 is 11.3 Å². The standard InChI is InChI=1S/C22H30N2O5S2/c1-15(16-10-12-24(13-11-16)21(25)29-22(2,3)4)28-20-23-14-19(30-20)17-6-8-18(9-7-17)31(5,26)27/h6-9,14-16H,10-13H2,1-5H3. The highest BCUT2D eigenvalue weighted by Gasteiger charge is 2.30. The lowest BCUT2D eigenvalue weighted by atomic mass is 9.92. The number of aromatic nitrogens is 1. The predicted octanol–water partition coefficient (Wildman–Crippen LogP) is 4.63. The lowest BCUT2D eigenvalue weighted by molar-refractivity contribution is 0.0121. The van der Waals surface area contributed by atoms with Gasteiger partial charge in [-0.25, -0.2) is 18.2 Å². The molecule has 1 unspecified atom stereocenters. The molecule has 170 valence electrons. The summed E-state index contributed by atoms with van der Waals surface area (Å²) < 4.78 is 34.8. The topological polar surface area (TPSA) is 85.8 Å². The van der Waals surface area contributed by atoms with E-state index in [4.69, 9.17) is 9.47 Å². The number of rotatable bonds is 5. The number of hydrogen-bond acceptors (Lipinski definition) is 7. The third-order valence-electron chi connectivity index (χ3n) is 5.19. The smallest absolute Gasteiger partial charge is 0.410 e. The summed E-state index contributed by atoms with van der Waals surface area (Å²) in [6, 6.07) is 6.77. The first kappa shape index (κ1) is 23.5. The third kappa shape index (κ3) is 6.43. The van der Waals surface area contributed by atoms with E-state index >= 15 is 0 Å². The zero-order valence-electron chi connectivity index (χ0n) is 18.6. The molecule has 1 atom stereocenters. The monoisotopic (exact) mass is 466 g/mol. The lowest BCUT2D eigenvalue weighted by Gasteiger charge is -2.35. The van der Waals surface area contributed by atoms with Crippen LogP contribution in [0, 0.1) is 5.92 Å². The van der Waals surface area contributed by atoms with E-state index in [1.165, 1.54) is 17.6 Å². The summed E-state index contributed by atoms with van der Waals surface area (Å²) in [7, 11) is -3.21. The average molecular weight is 467 g/mol. The zero-order chi connectivity index (χ0) is 22.8. The minimum absolute atomic E-state index is 0.0209. The van der Waals surface area contributed by atoms with Crippen molar-refractivity contribution in [2.75, 3.05) is 19.3 Å². The molecular weight excluding hydrogens is 436 g/mol. The Bertz CT molecular complexity index is 1000. The summed E-state index contributed by atoms with van der Waals surface area (Å²) in [5, 5.41) is 0.587. The Morgan fingerprint density at radius 1 is 1.19 bits per heavy atom. The summed E-state index contributed by atoms with van der Waals surface area (Å²) in [5.74, 6) is 0.333. The minimum atomic E-state index is -3.21. The molecule has 1 aromatic heterocycles. The van der Waals surface area contributed by atoms with E-state index in [1.807, 2.05) is 27.7 Å². The van der Waals surface area contributed by atoms with Gasteiger partial charge in [-0.2, -0.15) is 0 Å². The van der Waals surface area contributed by atoms with E-state index in [0.717, 1.165) is 23.3 Å². The number of carbonyl (C=O) groups is 1. The molecule has 31 heavy (non-hydrogen) atoms. The molecule has 3 rings (SSSR count). The number of piperidine rings is 1. The van der Waals surface area contributed by atoms with Crippen molar-refractivity contribution in [2.45, 2.75) is 57.1 Å². The SMILES string of the molecule is CC(Oc1ncc(-c2ccc(S(C)(=O)=O)cc2)s1)C1CCN(C(=O)OC(C)(C)C)CC1. The fourth-order valence-electron chi connectivity index (χ4n) is 3.45. The average Bonchev–Trinajstić information content (AvgIpc) is 3.14. The fraction of sp³-hybridized carbons (Fsp3) is 0.545. The van der Waals surface area contributed by atoms with Gasteiger partial charge in [0.1, 0.15) is 11.7 Å². The summed E-state index contributed by atoms with van der Waals surface area (Å²) in [6.07, 6.45) is 4.36. The minimum Gasteiger partial charge on any atom is -0.467 e. The third-order valence-corrected chi connectivity index (χ3v) is 7.26. The Hall–Kier alpha value is -2.13. The number of benzene rings is 1. The van der Waals surface area contributed by atoms with Crippen LogP contribution in [0.5, 0.6) is 5.19 Å². The van der Waals surface area contributed by atoms with Gasteiger partial charge in [-0.1, -0.05) is 23.5 Å². The molecule has 0 bridgehead atoms. The van der Waals surface area contributed by atoms with Crippen molar-refractivity contribution in [1.29, 1.82) is 0 Å². The maximum Gasteiger partial charge on any atom is 0.410 e. The molecule has 2 heterocycles. The van der Waals surface area contributed by atoms with Gasteiger partial charge in [-0.3, -0.25) is 0 Å². The van der Waals surface area contributed by atoms with Crippen LogP contribution in [-0.2, 0) is 14.6 Å². The molecule has 1 amide bonds. The molecule has 0 N–H and O–H groups in total. The molecule has 2 aromatic rings. The molecule has 0 aliphatic carbocycles. The van der Waals surface area contributed by atoms with Crippen molar-refractivity contribution in [3.8, 4) is 15.6 Å². The molecular formula is C22H30N2O5S2. The van der Waals surface area contributed by atoms with Crippen LogP contribution in [-0.4, -0.2) is 55.4 Å².